The number of primary amides is 1. The molecule has 2 aromatic rings. The molecule has 0 saturated carbocycles. The first-order valence-electron chi connectivity index (χ1n) is 13.3. The molecule has 0 saturated heterocycles. The number of hydrogen-bond donors (Lipinski definition) is 2. The van der Waals surface area contributed by atoms with Crippen molar-refractivity contribution in [2.75, 3.05) is 60.9 Å². The van der Waals surface area contributed by atoms with E-state index >= 15 is 0 Å². The van der Waals surface area contributed by atoms with Crippen LogP contribution in [0.15, 0.2) is 24.8 Å². The minimum Gasteiger partial charge on any atom is -0.354 e. The molecule has 0 atom stereocenters. The van der Waals surface area contributed by atoms with E-state index in [-0.39, 0.29) is 16.9 Å². The molecule has 14 nitrogen and oxygen atoms in total. The average Bonchev–Trinajstić information content (AvgIpc) is 2.94. The monoisotopic (exact) mass is 628 g/mol. The molecule has 2 heterocycles. The van der Waals surface area contributed by atoms with Crippen molar-refractivity contribution in [3.8, 4) is 0 Å². The van der Waals surface area contributed by atoms with Crippen molar-refractivity contribution in [2.45, 2.75) is 65.0 Å². The minimum absolute atomic E-state index is 0.0482. The van der Waals surface area contributed by atoms with Crippen molar-refractivity contribution in [2.24, 2.45) is 5.73 Å². The van der Waals surface area contributed by atoms with E-state index in [1.807, 2.05) is 0 Å². The molecule has 0 unspecified atom stereocenters. The summed E-state index contributed by atoms with van der Waals surface area (Å²) in [5.74, 6) is 0.471. The predicted octanol–water partition coefficient (Wildman–Crippen LogP) is 3.90. The van der Waals surface area contributed by atoms with Gasteiger partial charge in [-0.25, -0.2) is 29.5 Å². The Kier molecular flexibility index (Phi) is 17.8. The van der Waals surface area contributed by atoms with Crippen LogP contribution in [-0.2, 0) is 29.8 Å². The summed E-state index contributed by atoms with van der Waals surface area (Å²) >= 11 is 5.70. The number of halogens is 1. The van der Waals surface area contributed by atoms with Gasteiger partial charge in [-0.05, 0) is 6.07 Å². The van der Waals surface area contributed by atoms with Crippen molar-refractivity contribution in [3.63, 3.8) is 0 Å². The lowest BCUT2D eigenvalue weighted by Crippen LogP contribution is -2.39. The summed E-state index contributed by atoms with van der Waals surface area (Å²) in [4.78, 5) is 41.6. The smallest absolute Gasteiger partial charge is 0.322 e. The van der Waals surface area contributed by atoms with Crippen molar-refractivity contribution < 1.29 is 28.5 Å². The minimum atomic E-state index is -0.496. The summed E-state index contributed by atoms with van der Waals surface area (Å²) in [6, 6.07) is 2.79. The SMILES string of the molecule is CC(C)(C)c1cc(Cl)ncn1.COC(CN(C)C(=O)Nc1cc(C(C)(C)C)ncn1)OC.COC(CN(C)C(N)=O)OC. The third-order valence-electron chi connectivity index (χ3n) is 5.69. The Labute approximate surface area is 260 Å². The zero-order chi connectivity index (χ0) is 33.4. The fraction of sp³-hybridized carbons (Fsp3) is 0.643. The number of nitrogens with zero attached hydrogens (tertiary/aromatic N) is 6. The van der Waals surface area contributed by atoms with Crippen LogP contribution in [0.4, 0.5) is 15.4 Å². The van der Waals surface area contributed by atoms with Gasteiger partial charge >= 0.3 is 12.1 Å². The molecule has 0 aromatic carbocycles. The number of ether oxygens (including phenoxy) is 4. The van der Waals surface area contributed by atoms with Crippen LogP contribution in [0.5, 0.6) is 0 Å². The maximum Gasteiger partial charge on any atom is 0.322 e. The third kappa shape index (κ3) is 16.3. The number of likely N-dealkylation sites (N-methyl/N-ethyl adjacent to an activating group) is 2. The summed E-state index contributed by atoms with van der Waals surface area (Å²) < 4.78 is 19.8. The van der Waals surface area contributed by atoms with Crippen LogP contribution in [0.1, 0.15) is 52.9 Å². The second-order valence-electron chi connectivity index (χ2n) is 11.3. The third-order valence-corrected chi connectivity index (χ3v) is 5.90. The van der Waals surface area contributed by atoms with Crippen LogP contribution < -0.4 is 11.1 Å². The highest BCUT2D eigenvalue weighted by atomic mass is 35.5. The van der Waals surface area contributed by atoms with Gasteiger partial charge in [-0.1, -0.05) is 53.1 Å². The van der Waals surface area contributed by atoms with Gasteiger partial charge in [0.1, 0.15) is 23.6 Å². The molecule has 0 aliphatic heterocycles. The molecule has 2 aromatic heterocycles. The average molecular weight is 629 g/mol. The van der Waals surface area contributed by atoms with Crippen LogP contribution in [0.2, 0.25) is 5.15 Å². The van der Waals surface area contributed by atoms with Gasteiger partial charge in [0.2, 0.25) is 0 Å². The maximum atomic E-state index is 12.1. The van der Waals surface area contributed by atoms with Gasteiger partial charge in [0, 0.05) is 59.4 Å². The number of hydrogen-bond acceptors (Lipinski definition) is 10. The second kappa shape index (κ2) is 19.2. The van der Waals surface area contributed by atoms with E-state index in [2.05, 4.69) is 66.8 Å². The van der Waals surface area contributed by atoms with Gasteiger partial charge in [-0.3, -0.25) is 5.32 Å². The molecule has 15 heteroatoms. The van der Waals surface area contributed by atoms with E-state index in [9.17, 15) is 9.59 Å². The van der Waals surface area contributed by atoms with Gasteiger partial charge < -0.3 is 34.5 Å². The zero-order valence-corrected chi connectivity index (χ0v) is 28.2. The van der Waals surface area contributed by atoms with Crippen molar-refractivity contribution in [1.82, 2.24) is 29.7 Å². The van der Waals surface area contributed by atoms with Crippen molar-refractivity contribution in [1.29, 1.82) is 0 Å². The standard InChI is InChI=1S/C14H24N4O3.C8H11ClN2.C6H14N2O3/c1-14(2,3)10-7-11(16-9-15-10)17-13(19)18(4)8-12(20-5)21-6;1-8(2,3)6-4-7(9)11-5-10-6;1-8(6(7)9)4-5(10-2)11-3/h7,9,12H,8H2,1-6H3,(H,15,16,17,19);4-5H,1-3H3;5H,4H2,1-3H3,(H2,7,9). The topological polar surface area (TPSA) is 167 Å². The number of amides is 4. The summed E-state index contributed by atoms with van der Waals surface area (Å²) in [5, 5.41) is 3.24. The van der Waals surface area contributed by atoms with E-state index in [1.165, 1.54) is 50.9 Å². The highest BCUT2D eigenvalue weighted by Crippen LogP contribution is 2.22. The number of carbonyl (C=O) groups excluding carboxylic acids is 2. The molecule has 4 amide bonds. The van der Waals surface area contributed by atoms with E-state index in [0.717, 1.165) is 11.4 Å². The lowest BCUT2D eigenvalue weighted by molar-refractivity contribution is -0.109. The first kappa shape index (κ1) is 39.8. The van der Waals surface area contributed by atoms with Gasteiger partial charge in [-0.15, -0.1) is 0 Å². The molecule has 3 N–H and O–H groups in total. The molecular formula is C28H49ClN8O6. The van der Waals surface area contributed by atoms with Crippen LogP contribution in [-0.4, -0.2) is 110 Å². The summed E-state index contributed by atoms with van der Waals surface area (Å²) in [5.41, 5.74) is 6.75. The molecule has 0 bridgehead atoms. The van der Waals surface area contributed by atoms with Crippen molar-refractivity contribution >= 4 is 29.5 Å². The number of anilines is 1. The largest absolute Gasteiger partial charge is 0.354 e. The van der Waals surface area contributed by atoms with E-state index < -0.39 is 18.6 Å². The highest BCUT2D eigenvalue weighted by molar-refractivity contribution is 6.29. The maximum absolute atomic E-state index is 12.1. The summed E-state index contributed by atoms with van der Waals surface area (Å²) in [6.07, 6.45) is 2.07. The number of rotatable bonds is 9. The molecule has 0 aliphatic rings. The lowest BCUT2D eigenvalue weighted by Gasteiger charge is -2.23. The van der Waals surface area contributed by atoms with E-state index in [1.54, 1.807) is 26.2 Å². The molecule has 2 rings (SSSR count). The first-order valence-corrected chi connectivity index (χ1v) is 13.7. The Morgan fingerprint density at radius 1 is 0.791 bits per heavy atom. The van der Waals surface area contributed by atoms with Crippen LogP contribution in [0.25, 0.3) is 0 Å². The first-order chi connectivity index (χ1) is 19.9. The molecule has 0 radical (unpaired) electrons. The number of aromatic nitrogens is 4. The number of urea groups is 2. The molecule has 43 heavy (non-hydrogen) atoms. The number of carbonyl (C=O) groups is 2. The Hall–Kier alpha value is -3.17. The van der Waals surface area contributed by atoms with Crippen LogP contribution in [0.3, 0.4) is 0 Å². The summed E-state index contributed by atoms with van der Waals surface area (Å²) in [6.45, 7) is 13.1. The Bertz CT molecular complexity index is 1110. The molecule has 0 spiro atoms. The van der Waals surface area contributed by atoms with Gasteiger partial charge in [0.05, 0.1) is 24.5 Å². The zero-order valence-electron chi connectivity index (χ0n) is 27.5. The fourth-order valence-corrected chi connectivity index (χ4v) is 3.04. The normalized spacial score (nSPS) is 11.2. The Balaban J connectivity index is 0.000000677. The van der Waals surface area contributed by atoms with Gasteiger partial charge in [-0.2, -0.15) is 0 Å². The lowest BCUT2D eigenvalue weighted by atomic mass is 9.92. The Morgan fingerprint density at radius 2 is 1.21 bits per heavy atom. The predicted molar refractivity (Wildman–Crippen MR) is 166 cm³/mol. The molecular weight excluding hydrogens is 580 g/mol. The number of nitrogens with one attached hydrogen (secondary N) is 1. The number of methoxy groups -OCH3 is 4. The van der Waals surface area contributed by atoms with Gasteiger partial charge in [0.25, 0.3) is 0 Å². The van der Waals surface area contributed by atoms with Crippen LogP contribution in [0, 0.1) is 0 Å². The van der Waals surface area contributed by atoms with Crippen molar-refractivity contribution in [3.05, 3.63) is 41.3 Å². The molecule has 244 valence electrons. The molecule has 0 aliphatic carbocycles. The van der Waals surface area contributed by atoms with E-state index in [0.29, 0.717) is 24.1 Å². The highest BCUT2D eigenvalue weighted by Gasteiger charge is 2.19. The quantitative estimate of drug-likeness (QED) is 0.307. The molecule has 0 fully saturated rings. The van der Waals surface area contributed by atoms with E-state index in [4.69, 9.17) is 36.3 Å². The van der Waals surface area contributed by atoms with Gasteiger partial charge in [0.15, 0.2) is 12.6 Å². The Morgan fingerprint density at radius 3 is 1.58 bits per heavy atom. The number of nitrogens with two attached hydrogens (primary N) is 1. The van der Waals surface area contributed by atoms with Crippen LogP contribution >= 0.6 is 11.6 Å². The summed E-state index contributed by atoms with van der Waals surface area (Å²) in [7, 11) is 9.30. The second-order valence-corrected chi connectivity index (χ2v) is 11.7. The fourth-order valence-electron chi connectivity index (χ4n) is 2.90.